The van der Waals surface area contributed by atoms with Gasteiger partial charge >= 0.3 is 0 Å². The quantitative estimate of drug-likeness (QED) is 0.667. The van der Waals surface area contributed by atoms with Gasteiger partial charge in [0.15, 0.2) is 0 Å². The van der Waals surface area contributed by atoms with Gasteiger partial charge in [0, 0.05) is 24.2 Å². The topological polar surface area (TPSA) is 87.3 Å². The molecule has 22 heavy (non-hydrogen) atoms. The predicted molar refractivity (Wildman–Crippen MR) is 87.4 cm³/mol. The molecule has 7 heteroatoms. The molecule has 0 radical (unpaired) electrons. The van der Waals surface area contributed by atoms with Crippen LogP contribution in [-0.4, -0.2) is 39.5 Å². The van der Waals surface area contributed by atoms with Gasteiger partial charge < -0.3 is 10.6 Å². The molecule has 1 aromatic carbocycles. The summed E-state index contributed by atoms with van der Waals surface area (Å²) in [6.45, 7) is 8.85. The molecule has 0 bridgehead atoms. The second kappa shape index (κ2) is 8.26. The van der Waals surface area contributed by atoms with Gasteiger partial charge in [0.05, 0.1) is 4.90 Å². The molecular weight excluding hydrogens is 302 g/mol. The fourth-order valence-corrected chi connectivity index (χ4v) is 3.18. The smallest absolute Gasteiger partial charge is 0.251 e. The van der Waals surface area contributed by atoms with Crippen LogP contribution in [0.25, 0.3) is 0 Å². The number of amides is 1. The van der Waals surface area contributed by atoms with E-state index in [1.807, 2.05) is 13.8 Å². The maximum atomic E-state index is 12.0. The third-order valence-electron chi connectivity index (χ3n) is 2.94. The SMILES string of the molecule is CCN[C@H](C)CNC(=O)c1ccc(S(=O)(=O)NC(C)C)cc1. The molecule has 124 valence electrons. The molecule has 0 aliphatic heterocycles. The second-order valence-electron chi connectivity index (χ2n) is 5.47. The Morgan fingerprint density at radius 1 is 1.14 bits per heavy atom. The van der Waals surface area contributed by atoms with E-state index in [1.54, 1.807) is 13.8 Å². The number of benzene rings is 1. The van der Waals surface area contributed by atoms with Crippen molar-refractivity contribution in [3.63, 3.8) is 0 Å². The van der Waals surface area contributed by atoms with Gasteiger partial charge in [-0.05, 0) is 51.6 Å². The third kappa shape index (κ3) is 5.75. The van der Waals surface area contributed by atoms with E-state index in [9.17, 15) is 13.2 Å². The summed E-state index contributed by atoms with van der Waals surface area (Å²) < 4.78 is 26.5. The molecule has 1 amide bonds. The Bertz CT molecular complexity index is 583. The molecule has 1 atom stereocenters. The van der Waals surface area contributed by atoms with Crippen molar-refractivity contribution in [1.82, 2.24) is 15.4 Å². The number of carbonyl (C=O) groups excluding carboxylic acids is 1. The van der Waals surface area contributed by atoms with Crippen LogP contribution in [0.5, 0.6) is 0 Å². The van der Waals surface area contributed by atoms with Crippen molar-refractivity contribution >= 4 is 15.9 Å². The van der Waals surface area contributed by atoms with Crippen LogP contribution in [-0.2, 0) is 10.0 Å². The van der Waals surface area contributed by atoms with E-state index in [1.165, 1.54) is 24.3 Å². The van der Waals surface area contributed by atoms with Crippen molar-refractivity contribution in [3.05, 3.63) is 29.8 Å². The molecule has 0 spiro atoms. The molecular formula is C15H25N3O3S. The average Bonchev–Trinajstić information content (AvgIpc) is 2.44. The molecule has 3 N–H and O–H groups in total. The molecule has 0 unspecified atom stereocenters. The third-order valence-corrected chi connectivity index (χ3v) is 4.61. The van der Waals surface area contributed by atoms with Gasteiger partial charge in [-0.25, -0.2) is 13.1 Å². The number of rotatable bonds is 8. The summed E-state index contributed by atoms with van der Waals surface area (Å²) in [7, 11) is -3.53. The standard InChI is InChI=1S/C15H25N3O3S/c1-5-16-12(4)10-17-15(19)13-6-8-14(9-7-13)22(20,21)18-11(2)3/h6-9,11-12,16,18H,5,10H2,1-4H3,(H,17,19)/t12-/m1/s1. The lowest BCUT2D eigenvalue weighted by Gasteiger charge is -2.13. The summed E-state index contributed by atoms with van der Waals surface area (Å²) in [4.78, 5) is 12.1. The van der Waals surface area contributed by atoms with Crippen LogP contribution >= 0.6 is 0 Å². The van der Waals surface area contributed by atoms with E-state index in [4.69, 9.17) is 0 Å². The zero-order valence-corrected chi connectivity index (χ0v) is 14.3. The van der Waals surface area contributed by atoms with Crippen molar-refractivity contribution in [2.24, 2.45) is 0 Å². The first-order valence-electron chi connectivity index (χ1n) is 7.40. The fraction of sp³-hybridized carbons (Fsp3) is 0.533. The van der Waals surface area contributed by atoms with E-state index in [0.717, 1.165) is 6.54 Å². The lowest BCUT2D eigenvalue weighted by atomic mass is 10.2. The van der Waals surface area contributed by atoms with Crippen LogP contribution in [0.15, 0.2) is 29.2 Å². The zero-order valence-electron chi connectivity index (χ0n) is 13.5. The fourth-order valence-electron chi connectivity index (χ4n) is 1.93. The molecule has 0 saturated carbocycles. The van der Waals surface area contributed by atoms with Gasteiger partial charge in [0.1, 0.15) is 0 Å². The molecule has 1 rings (SSSR count). The Kier molecular flexibility index (Phi) is 6.99. The number of carbonyl (C=O) groups is 1. The molecule has 0 aliphatic rings. The number of hydrogen-bond donors (Lipinski definition) is 3. The molecule has 0 heterocycles. The molecule has 6 nitrogen and oxygen atoms in total. The number of hydrogen-bond acceptors (Lipinski definition) is 4. The predicted octanol–water partition coefficient (Wildman–Crippen LogP) is 1.10. The minimum absolute atomic E-state index is 0.152. The Morgan fingerprint density at radius 2 is 1.73 bits per heavy atom. The van der Waals surface area contributed by atoms with Crippen LogP contribution in [0.4, 0.5) is 0 Å². The van der Waals surface area contributed by atoms with Crippen LogP contribution in [0.3, 0.4) is 0 Å². The van der Waals surface area contributed by atoms with Gasteiger partial charge in [0.25, 0.3) is 5.91 Å². The van der Waals surface area contributed by atoms with Gasteiger partial charge in [-0.3, -0.25) is 4.79 Å². The highest BCUT2D eigenvalue weighted by atomic mass is 32.2. The van der Waals surface area contributed by atoms with E-state index in [-0.39, 0.29) is 22.9 Å². The summed E-state index contributed by atoms with van der Waals surface area (Å²) in [6.07, 6.45) is 0. The van der Waals surface area contributed by atoms with Crippen LogP contribution in [0.2, 0.25) is 0 Å². The van der Waals surface area contributed by atoms with Crippen molar-refractivity contribution in [3.8, 4) is 0 Å². The lowest BCUT2D eigenvalue weighted by Crippen LogP contribution is -2.38. The minimum atomic E-state index is -3.53. The van der Waals surface area contributed by atoms with Gasteiger partial charge in [-0.15, -0.1) is 0 Å². The maximum absolute atomic E-state index is 12.0. The molecule has 0 aromatic heterocycles. The average molecular weight is 327 g/mol. The van der Waals surface area contributed by atoms with Crippen molar-refractivity contribution in [2.75, 3.05) is 13.1 Å². The Balaban J connectivity index is 2.70. The summed E-state index contributed by atoms with van der Waals surface area (Å²) in [5.41, 5.74) is 0.437. The largest absolute Gasteiger partial charge is 0.350 e. The van der Waals surface area contributed by atoms with Crippen LogP contribution in [0, 0.1) is 0 Å². The van der Waals surface area contributed by atoms with E-state index in [2.05, 4.69) is 15.4 Å². The Labute approximate surface area is 132 Å². The van der Waals surface area contributed by atoms with E-state index in [0.29, 0.717) is 12.1 Å². The Hall–Kier alpha value is -1.44. The maximum Gasteiger partial charge on any atom is 0.251 e. The molecule has 0 fully saturated rings. The lowest BCUT2D eigenvalue weighted by molar-refractivity contribution is 0.0950. The Morgan fingerprint density at radius 3 is 2.23 bits per heavy atom. The molecule has 1 aromatic rings. The summed E-state index contributed by atoms with van der Waals surface area (Å²) in [5, 5.41) is 6.00. The van der Waals surface area contributed by atoms with E-state index < -0.39 is 10.0 Å². The van der Waals surface area contributed by atoms with E-state index >= 15 is 0 Å². The van der Waals surface area contributed by atoms with Gasteiger partial charge in [-0.1, -0.05) is 6.92 Å². The summed E-state index contributed by atoms with van der Waals surface area (Å²) >= 11 is 0. The summed E-state index contributed by atoms with van der Waals surface area (Å²) in [5.74, 6) is -0.217. The van der Waals surface area contributed by atoms with Crippen molar-refractivity contribution in [2.45, 2.75) is 44.7 Å². The number of likely N-dealkylation sites (N-methyl/N-ethyl adjacent to an activating group) is 1. The first kappa shape index (κ1) is 18.6. The highest BCUT2D eigenvalue weighted by Crippen LogP contribution is 2.11. The molecule has 0 saturated heterocycles. The monoisotopic (exact) mass is 327 g/mol. The second-order valence-corrected chi connectivity index (χ2v) is 7.18. The normalized spacial score (nSPS) is 13.1. The number of sulfonamides is 1. The van der Waals surface area contributed by atoms with Gasteiger partial charge in [-0.2, -0.15) is 0 Å². The minimum Gasteiger partial charge on any atom is -0.350 e. The molecule has 0 aliphatic carbocycles. The summed E-state index contributed by atoms with van der Waals surface area (Å²) in [6, 6.07) is 5.91. The highest BCUT2D eigenvalue weighted by Gasteiger charge is 2.16. The zero-order chi connectivity index (χ0) is 16.8. The van der Waals surface area contributed by atoms with Gasteiger partial charge in [0.2, 0.25) is 10.0 Å². The van der Waals surface area contributed by atoms with Crippen LogP contribution < -0.4 is 15.4 Å². The first-order chi connectivity index (χ1) is 10.3. The number of nitrogens with one attached hydrogen (secondary N) is 3. The van der Waals surface area contributed by atoms with Crippen molar-refractivity contribution in [1.29, 1.82) is 0 Å². The highest BCUT2D eigenvalue weighted by molar-refractivity contribution is 7.89. The van der Waals surface area contributed by atoms with Crippen molar-refractivity contribution < 1.29 is 13.2 Å². The first-order valence-corrected chi connectivity index (χ1v) is 8.88. The van der Waals surface area contributed by atoms with Crippen LogP contribution in [0.1, 0.15) is 38.1 Å².